The molecule has 1 aromatic heterocycles. The first kappa shape index (κ1) is 18.0. The van der Waals surface area contributed by atoms with E-state index in [4.69, 9.17) is 9.64 Å². The molecule has 3 aromatic carbocycles. The number of para-hydroxylation sites is 1. The van der Waals surface area contributed by atoms with Gasteiger partial charge in [0.2, 0.25) is 0 Å². The fraction of sp³-hybridized carbons (Fsp3) is 0.261. The predicted molar refractivity (Wildman–Crippen MR) is 115 cm³/mol. The number of aliphatic hydroxyl groups is 1. The highest BCUT2D eigenvalue weighted by molar-refractivity contribution is 6.51. The summed E-state index contributed by atoms with van der Waals surface area (Å²) in [4.78, 5) is 4.74. The number of nitrogens with zero attached hydrogens (tertiary/aromatic N) is 1. The van der Waals surface area contributed by atoms with Crippen molar-refractivity contribution < 1.29 is 9.76 Å². The van der Waals surface area contributed by atoms with Gasteiger partial charge in [-0.1, -0.05) is 54.6 Å². The van der Waals surface area contributed by atoms with Gasteiger partial charge in [0.25, 0.3) is 0 Å². The van der Waals surface area contributed by atoms with Crippen molar-refractivity contribution in [3.8, 4) is 0 Å². The molecule has 0 bridgehead atoms. The van der Waals surface area contributed by atoms with Gasteiger partial charge in [-0.3, -0.25) is 4.98 Å². The third kappa shape index (κ3) is 3.09. The first-order valence-corrected chi connectivity index (χ1v) is 9.32. The van der Waals surface area contributed by atoms with Crippen molar-refractivity contribution in [2.24, 2.45) is 0 Å². The first-order valence-electron chi connectivity index (χ1n) is 9.32. The second-order valence-corrected chi connectivity index (χ2v) is 8.18. The number of aromatic nitrogens is 1. The molecule has 1 N–H and O–H groups in total. The van der Waals surface area contributed by atoms with Crippen molar-refractivity contribution >= 4 is 45.4 Å². The van der Waals surface area contributed by atoms with Crippen molar-refractivity contribution in [3.63, 3.8) is 0 Å². The van der Waals surface area contributed by atoms with Gasteiger partial charge in [-0.05, 0) is 43.9 Å². The van der Waals surface area contributed by atoms with Crippen LogP contribution in [0.5, 0.6) is 0 Å². The van der Waals surface area contributed by atoms with Crippen molar-refractivity contribution in [2.75, 3.05) is 0 Å². The lowest BCUT2D eigenvalue weighted by Gasteiger charge is -2.37. The number of rotatable bonds is 4. The summed E-state index contributed by atoms with van der Waals surface area (Å²) in [6, 6.07) is 18.9. The topological polar surface area (TPSA) is 42.4 Å². The maximum Gasteiger partial charge on any atom is 0.311 e. The van der Waals surface area contributed by atoms with E-state index in [2.05, 4.69) is 48.5 Å². The predicted octanol–water partition coefficient (Wildman–Crippen LogP) is 4.08. The Labute approximate surface area is 160 Å². The number of fused-ring (bicyclic) bond motifs is 5. The first-order chi connectivity index (χ1) is 12.8. The molecule has 0 fully saturated rings. The summed E-state index contributed by atoms with van der Waals surface area (Å²) in [6.07, 6.45) is 1.94. The van der Waals surface area contributed by atoms with Crippen LogP contribution in [0, 0.1) is 0 Å². The quantitative estimate of drug-likeness (QED) is 0.442. The Morgan fingerprint density at radius 2 is 1.56 bits per heavy atom. The molecule has 0 aliphatic rings. The van der Waals surface area contributed by atoms with Crippen molar-refractivity contribution in [3.05, 3.63) is 60.8 Å². The van der Waals surface area contributed by atoms with Crippen LogP contribution in [0.25, 0.3) is 32.4 Å². The maximum atomic E-state index is 10.4. The number of hydrogen-bond donors (Lipinski definition) is 1. The number of pyridine rings is 1. The summed E-state index contributed by atoms with van der Waals surface area (Å²) in [5, 5.41) is 16.3. The molecule has 4 aromatic rings. The Hall–Kier alpha value is -2.43. The third-order valence-electron chi connectivity index (χ3n) is 5.74. The molecule has 0 saturated carbocycles. The Balaban J connectivity index is 1.87. The van der Waals surface area contributed by atoms with Crippen molar-refractivity contribution in [1.29, 1.82) is 0 Å². The molecule has 0 radical (unpaired) electrons. The lowest BCUT2D eigenvalue weighted by atomic mass is 9.81. The number of benzene rings is 3. The van der Waals surface area contributed by atoms with Crippen LogP contribution >= 0.6 is 0 Å². The van der Waals surface area contributed by atoms with E-state index in [0.717, 1.165) is 21.8 Å². The maximum absolute atomic E-state index is 10.4. The molecular weight excluding hydrogens is 333 g/mol. The summed E-state index contributed by atoms with van der Waals surface area (Å²) in [7, 11) is 0.400. The van der Waals surface area contributed by atoms with E-state index in [0.29, 0.717) is 7.48 Å². The molecule has 3 nitrogen and oxygen atoms in total. The summed E-state index contributed by atoms with van der Waals surface area (Å²) >= 11 is 0. The van der Waals surface area contributed by atoms with Crippen LogP contribution in [0.1, 0.15) is 27.7 Å². The van der Waals surface area contributed by atoms with Gasteiger partial charge in [0.15, 0.2) is 0 Å². The minimum atomic E-state index is -0.937. The Morgan fingerprint density at radius 3 is 2.33 bits per heavy atom. The van der Waals surface area contributed by atoms with Crippen molar-refractivity contribution in [1.82, 2.24) is 4.98 Å². The van der Waals surface area contributed by atoms with Crippen LogP contribution in [-0.2, 0) is 4.65 Å². The van der Waals surface area contributed by atoms with Crippen molar-refractivity contribution in [2.45, 2.75) is 38.9 Å². The largest absolute Gasteiger partial charge is 0.427 e. The molecule has 1 heterocycles. The fourth-order valence-electron chi connectivity index (χ4n) is 3.33. The van der Waals surface area contributed by atoms with Gasteiger partial charge in [-0.15, -0.1) is 0 Å². The van der Waals surface area contributed by atoms with Crippen LogP contribution in [0.3, 0.4) is 0 Å². The summed E-state index contributed by atoms with van der Waals surface area (Å²) < 4.78 is 6.10. The van der Waals surface area contributed by atoms with E-state index in [1.165, 1.54) is 16.2 Å². The van der Waals surface area contributed by atoms with E-state index in [9.17, 15) is 5.11 Å². The second kappa shape index (κ2) is 6.33. The molecule has 27 heavy (non-hydrogen) atoms. The van der Waals surface area contributed by atoms with Crippen LogP contribution in [0.15, 0.2) is 60.8 Å². The third-order valence-corrected chi connectivity index (χ3v) is 5.74. The fourth-order valence-corrected chi connectivity index (χ4v) is 3.33. The zero-order valence-electron chi connectivity index (χ0n) is 16.3. The smallest absolute Gasteiger partial charge is 0.311 e. The molecule has 0 saturated heterocycles. The Morgan fingerprint density at radius 1 is 0.852 bits per heavy atom. The van der Waals surface area contributed by atoms with E-state index in [1.807, 2.05) is 26.1 Å². The van der Waals surface area contributed by atoms with Gasteiger partial charge in [-0.2, -0.15) is 0 Å². The summed E-state index contributed by atoms with van der Waals surface area (Å²) in [5.41, 5.74) is 0.375. The minimum Gasteiger partial charge on any atom is -0.427 e. The van der Waals surface area contributed by atoms with Crippen LogP contribution in [-0.4, -0.2) is 28.8 Å². The average molecular weight is 357 g/mol. The SMILES string of the molecule is CC(C)(O)C(C)(C)OBc1cccc2c1ncc1ccc3ccccc3c12. The Kier molecular flexibility index (Phi) is 4.21. The van der Waals surface area contributed by atoms with E-state index < -0.39 is 11.2 Å². The van der Waals surface area contributed by atoms with Gasteiger partial charge < -0.3 is 9.76 Å². The highest BCUT2D eigenvalue weighted by Crippen LogP contribution is 2.30. The molecule has 136 valence electrons. The Bertz CT molecular complexity index is 1150. The monoisotopic (exact) mass is 357 g/mol. The summed E-state index contributed by atoms with van der Waals surface area (Å²) in [6.45, 7) is 7.37. The van der Waals surface area contributed by atoms with Gasteiger partial charge >= 0.3 is 7.48 Å². The molecule has 0 aliphatic carbocycles. The van der Waals surface area contributed by atoms with Gasteiger partial charge in [0.05, 0.1) is 16.7 Å². The molecule has 0 atom stereocenters. The average Bonchev–Trinajstić information content (AvgIpc) is 2.64. The van der Waals surface area contributed by atoms with Gasteiger partial charge in [0, 0.05) is 22.4 Å². The zero-order chi connectivity index (χ0) is 19.2. The molecule has 4 rings (SSSR count). The van der Waals surface area contributed by atoms with Gasteiger partial charge in [0.1, 0.15) is 0 Å². The van der Waals surface area contributed by atoms with E-state index >= 15 is 0 Å². The number of hydrogen-bond acceptors (Lipinski definition) is 3. The highest BCUT2D eigenvalue weighted by atomic mass is 16.5. The molecule has 0 spiro atoms. The van der Waals surface area contributed by atoms with Gasteiger partial charge in [-0.25, -0.2) is 0 Å². The van der Waals surface area contributed by atoms with Crippen LogP contribution < -0.4 is 5.46 Å². The molecule has 0 amide bonds. The lowest BCUT2D eigenvalue weighted by molar-refractivity contribution is -0.0893. The molecule has 4 heteroatoms. The highest BCUT2D eigenvalue weighted by Gasteiger charge is 2.35. The molecular formula is C23H24BNO2. The standard InChI is InChI=1S/C23H24BNO2/c1-22(2,26)23(3,4)27-24-19-11-7-10-18-20-16(14-25-21(18)19)13-12-15-8-5-6-9-17(15)20/h5-14,24,26H,1-4H3. The zero-order valence-corrected chi connectivity index (χ0v) is 16.3. The minimum absolute atomic E-state index is 0.400. The molecule has 0 aliphatic heterocycles. The van der Waals surface area contributed by atoms with E-state index in [-0.39, 0.29) is 0 Å². The lowest BCUT2D eigenvalue weighted by Crippen LogP contribution is -2.49. The van der Waals surface area contributed by atoms with Crippen LogP contribution in [0.4, 0.5) is 0 Å². The van der Waals surface area contributed by atoms with Crippen LogP contribution in [0.2, 0.25) is 0 Å². The van der Waals surface area contributed by atoms with E-state index in [1.54, 1.807) is 13.8 Å². The molecule has 0 unspecified atom stereocenters. The normalized spacial score (nSPS) is 12.8. The summed E-state index contributed by atoms with van der Waals surface area (Å²) in [5.74, 6) is 0. The second-order valence-electron chi connectivity index (χ2n) is 8.18.